The zero-order valence-corrected chi connectivity index (χ0v) is 19.7. The number of hydrogen-bond donors (Lipinski definition) is 3. The number of nitrogens with two attached hydrogens (primary N) is 1. The molecule has 0 saturated heterocycles. The van der Waals surface area contributed by atoms with Crippen molar-refractivity contribution in [2.75, 3.05) is 23.7 Å². The van der Waals surface area contributed by atoms with E-state index in [1.807, 2.05) is 54.1 Å². The molecule has 176 valence electrons. The molecule has 3 aromatic rings. The molecule has 1 amide bonds. The number of rotatable bonds is 7. The summed E-state index contributed by atoms with van der Waals surface area (Å²) in [5, 5.41) is 14.2. The SMILES string of the molecule is CCc1cn2c3c(cc(C(=O)N[C@@H](Cc4ccccc4)[C@H](O)CN)cc13)N(C)S(=O)(=O)CC2. The predicted molar refractivity (Wildman–Crippen MR) is 130 cm³/mol. The minimum atomic E-state index is -3.50. The Morgan fingerprint density at radius 1 is 1.24 bits per heavy atom. The van der Waals surface area contributed by atoms with Gasteiger partial charge in [0.15, 0.2) is 0 Å². The summed E-state index contributed by atoms with van der Waals surface area (Å²) in [6, 6.07) is 12.4. The number of hydrogen-bond acceptors (Lipinski definition) is 5. The molecule has 0 radical (unpaired) electrons. The Kier molecular flexibility index (Phi) is 6.47. The number of aromatic nitrogens is 1. The molecule has 1 aromatic heterocycles. The highest BCUT2D eigenvalue weighted by molar-refractivity contribution is 7.92. The standard InChI is InChI=1S/C24H30N4O4S/c1-3-17-15-28-9-10-33(31,32)27(2)21-13-18(12-19(17)23(21)28)24(30)26-20(22(29)14-25)11-16-7-5-4-6-8-16/h4-8,12-13,15,20,22,29H,3,9-11,14,25H2,1-2H3,(H,26,30)/t20-,22+/m0/s1. The Morgan fingerprint density at radius 3 is 2.64 bits per heavy atom. The molecule has 0 fully saturated rings. The first-order valence-corrected chi connectivity index (χ1v) is 12.7. The maximum Gasteiger partial charge on any atom is 0.251 e. The van der Waals surface area contributed by atoms with Gasteiger partial charge in [-0.3, -0.25) is 9.10 Å². The van der Waals surface area contributed by atoms with Crippen LogP contribution >= 0.6 is 0 Å². The first kappa shape index (κ1) is 23.3. The van der Waals surface area contributed by atoms with E-state index < -0.39 is 22.2 Å². The number of carbonyl (C=O) groups excluding carboxylic acids is 1. The zero-order chi connectivity index (χ0) is 23.8. The van der Waals surface area contributed by atoms with E-state index in [2.05, 4.69) is 5.32 Å². The lowest BCUT2D eigenvalue weighted by atomic mass is 10.00. The van der Waals surface area contributed by atoms with Crippen molar-refractivity contribution < 1.29 is 18.3 Å². The molecule has 0 saturated carbocycles. The first-order valence-electron chi connectivity index (χ1n) is 11.1. The quantitative estimate of drug-likeness (QED) is 0.485. The van der Waals surface area contributed by atoms with Gasteiger partial charge in [-0.05, 0) is 36.1 Å². The van der Waals surface area contributed by atoms with Gasteiger partial charge in [-0.25, -0.2) is 8.42 Å². The number of aryl methyl sites for hydroxylation is 2. The Hall–Kier alpha value is -2.88. The fourth-order valence-corrected chi connectivity index (χ4v) is 5.53. The van der Waals surface area contributed by atoms with Crippen LogP contribution in [-0.2, 0) is 29.4 Å². The van der Waals surface area contributed by atoms with E-state index in [0.717, 1.165) is 28.5 Å². The summed E-state index contributed by atoms with van der Waals surface area (Å²) < 4.78 is 28.7. The number of carbonyl (C=O) groups is 1. The molecular weight excluding hydrogens is 440 g/mol. The third-order valence-corrected chi connectivity index (χ3v) is 8.07. The summed E-state index contributed by atoms with van der Waals surface area (Å²) in [5.41, 5.74) is 9.35. The third kappa shape index (κ3) is 4.48. The van der Waals surface area contributed by atoms with Crippen LogP contribution in [-0.4, -0.2) is 55.5 Å². The highest BCUT2D eigenvalue weighted by Gasteiger charge is 2.29. The predicted octanol–water partition coefficient (Wildman–Crippen LogP) is 1.64. The second-order valence-electron chi connectivity index (χ2n) is 8.45. The first-order chi connectivity index (χ1) is 15.7. The summed E-state index contributed by atoms with van der Waals surface area (Å²) in [5.74, 6) is -0.388. The van der Waals surface area contributed by atoms with Crippen molar-refractivity contribution >= 4 is 32.5 Å². The van der Waals surface area contributed by atoms with Gasteiger partial charge < -0.3 is 20.7 Å². The normalized spacial score (nSPS) is 16.9. The minimum absolute atomic E-state index is 0.00547. The van der Waals surface area contributed by atoms with Crippen LogP contribution in [0.15, 0.2) is 48.7 Å². The zero-order valence-electron chi connectivity index (χ0n) is 18.9. The van der Waals surface area contributed by atoms with Gasteiger partial charge >= 0.3 is 0 Å². The van der Waals surface area contributed by atoms with Crippen LogP contribution in [0, 0.1) is 0 Å². The fraction of sp³-hybridized carbons (Fsp3) is 0.375. The van der Waals surface area contributed by atoms with Gasteiger partial charge in [-0.2, -0.15) is 0 Å². The monoisotopic (exact) mass is 470 g/mol. The number of aliphatic hydroxyl groups is 1. The van der Waals surface area contributed by atoms with Gasteiger partial charge in [0.05, 0.1) is 29.1 Å². The Balaban J connectivity index is 1.74. The number of amides is 1. The molecule has 1 aliphatic heterocycles. The molecule has 0 aliphatic carbocycles. The molecule has 2 atom stereocenters. The van der Waals surface area contributed by atoms with Crippen molar-refractivity contribution in [3.63, 3.8) is 0 Å². The third-order valence-electron chi connectivity index (χ3n) is 6.35. The lowest BCUT2D eigenvalue weighted by molar-refractivity contribution is 0.0846. The van der Waals surface area contributed by atoms with Gasteiger partial charge in [-0.1, -0.05) is 37.3 Å². The van der Waals surface area contributed by atoms with E-state index in [-0.39, 0.29) is 18.2 Å². The van der Waals surface area contributed by atoms with Gasteiger partial charge in [0, 0.05) is 37.3 Å². The molecule has 0 bridgehead atoms. The second kappa shape index (κ2) is 9.17. The molecular formula is C24H30N4O4S. The van der Waals surface area contributed by atoms with Crippen molar-refractivity contribution in [3.05, 3.63) is 65.4 Å². The van der Waals surface area contributed by atoms with Crippen molar-refractivity contribution in [1.82, 2.24) is 9.88 Å². The smallest absolute Gasteiger partial charge is 0.251 e. The van der Waals surface area contributed by atoms with Crippen molar-refractivity contribution in [1.29, 1.82) is 0 Å². The van der Waals surface area contributed by atoms with Crippen molar-refractivity contribution in [2.24, 2.45) is 5.73 Å². The van der Waals surface area contributed by atoms with Crippen molar-refractivity contribution in [2.45, 2.75) is 38.5 Å². The lowest BCUT2D eigenvalue weighted by Crippen LogP contribution is -2.47. The maximum atomic E-state index is 13.3. The Labute approximate surface area is 194 Å². The number of anilines is 1. The minimum Gasteiger partial charge on any atom is -0.390 e. The molecule has 33 heavy (non-hydrogen) atoms. The highest BCUT2D eigenvalue weighted by atomic mass is 32.2. The fourth-order valence-electron chi connectivity index (χ4n) is 4.38. The lowest BCUT2D eigenvalue weighted by Gasteiger charge is -2.24. The van der Waals surface area contributed by atoms with Gasteiger partial charge in [0.2, 0.25) is 10.0 Å². The van der Waals surface area contributed by atoms with Crippen LogP contribution < -0.4 is 15.4 Å². The summed E-state index contributed by atoms with van der Waals surface area (Å²) in [4.78, 5) is 13.3. The molecule has 0 unspecified atom stereocenters. The molecule has 2 heterocycles. The van der Waals surface area contributed by atoms with Crippen LogP contribution in [0.2, 0.25) is 0 Å². The number of nitrogens with one attached hydrogen (secondary N) is 1. The number of sulfonamides is 1. The average molecular weight is 471 g/mol. The molecule has 4 N–H and O–H groups in total. The molecule has 1 aliphatic rings. The van der Waals surface area contributed by atoms with E-state index in [0.29, 0.717) is 24.2 Å². The van der Waals surface area contributed by atoms with Crippen LogP contribution in [0.3, 0.4) is 0 Å². The summed E-state index contributed by atoms with van der Waals surface area (Å²) in [6.07, 6.45) is 2.23. The Bertz CT molecular complexity index is 1270. The van der Waals surface area contributed by atoms with Gasteiger partial charge in [0.1, 0.15) is 0 Å². The van der Waals surface area contributed by atoms with Crippen LogP contribution in [0.5, 0.6) is 0 Å². The molecule has 2 aromatic carbocycles. The summed E-state index contributed by atoms with van der Waals surface area (Å²) in [7, 11) is -1.98. The second-order valence-corrected chi connectivity index (χ2v) is 10.6. The molecule has 9 heteroatoms. The summed E-state index contributed by atoms with van der Waals surface area (Å²) in [6.45, 7) is 2.40. The van der Waals surface area contributed by atoms with E-state index in [9.17, 15) is 18.3 Å². The van der Waals surface area contributed by atoms with Gasteiger partial charge in [0.25, 0.3) is 5.91 Å². The Morgan fingerprint density at radius 2 is 1.97 bits per heavy atom. The van der Waals surface area contributed by atoms with Crippen LogP contribution in [0.25, 0.3) is 10.9 Å². The topological polar surface area (TPSA) is 118 Å². The largest absolute Gasteiger partial charge is 0.390 e. The number of nitrogens with zero attached hydrogens (tertiary/aromatic N) is 2. The van der Waals surface area contributed by atoms with Crippen LogP contribution in [0.4, 0.5) is 5.69 Å². The highest BCUT2D eigenvalue weighted by Crippen LogP contribution is 2.35. The summed E-state index contributed by atoms with van der Waals surface area (Å²) >= 11 is 0. The average Bonchev–Trinajstić information content (AvgIpc) is 3.15. The van der Waals surface area contributed by atoms with E-state index in [1.54, 1.807) is 6.07 Å². The molecule has 8 nitrogen and oxygen atoms in total. The molecule has 4 rings (SSSR count). The van der Waals surface area contributed by atoms with E-state index >= 15 is 0 Å². The van der Waals surface area contributed by atoms with E-state index in [4.69, 9.17) is 5.73 Å². The van der Waals surface area contributed by atoms with Gasteiger partial charge in [-0.15, -0.1) is 0 Å². The molecule has 0 spiro atoms. The maximum absolute atomic E-state index is 13.3. The van der Waals surface area contributed by atoms with Crippen LogP contribution in [0.1, 0.15) is 28.4 Å². The van der Waals surface area contributed by atoms with E-state index in [1.165, 1.54) is 11.4 Å². The van der Waals surface area contributed by atoms with Crippen molar-refractivity contribution in [3.8, 4) is 0 Å². The number of benzene rings is 2. The number of aliphatic hydroxyl groups excluding tert-OH is 1.